The molecule has 3 rings (SSSR count). The summed E-state index contributed by atoms with van der Waals surface area (Å²) in [5.41, 5.74) is 2.89. The van der Waals surface area contributed by atoms with Gasteiger partial charge in [0.05, 0.1) is 6.61 Å². The molecule has 1 saturated heterocycles. The summed E-state index contributed by atoms with van der Waals surface area (Å²) in [6, 6.07) is 6.61. The van der Waals surface area contributed by atoms with Gasteiger partial charge in [0.1, 0.15) is 5.75 Å². The Bertz CT molecular complexity index is 439. The molecule has 110 valence electrons. The molecule has 0 bridgehead atoms. The van der Waals surface area contributed by atoms with Crippen molar-refractivity contribution in [2.75, 3.05) is 32.8 Å². The predicted molar refractivity (Wildman–Crippen MR) is 82.2 cm³/mol. The van der Waals surface area contributed by atoms with Crippen LogP contribution in [0.4, 0.5) is 0 Å². The van der Waals surface area contributed by atoms with E-state index in [-0.39, 0.29) is 0 Å². The second kappa shape index (κ2) is 6.59. The van der Waals surface area contributed by atoms with Crippen molar-refractivity contribution in [2.24, 2.45) is 5.92 Å². The second-order valence-corrected chi connectivity index (χ2v) is 6.05. The fourth-order valence-corrected chi connectivity index (χ4v) is 3.23. The highest BCUT2D eigenvalue weighted by Crippen LogP contribution is 2.23. The van der Waals surface area contributed by atoms with Gasteiger partial charge in [0.15, 0.2) is 0 Å². The van der Waals surface area contributed by atoms with Crippen LogP contribution in [0.5, 0.6) is 5.75 Å². The summed E-state index contributed by atoms with van der Waals surface area (Å²) in [4.78, 5) is 2.53. The maximum atomic E-state index is 6.03. The zero-order valence-corrected chi connectivity index (χ0v) is 12.5. The van der Waals surface area contributed by atoms with E-state index < -0.39 is 0 Å². The van der Waals surface area contributed by atoms with Gasteiger partial charge in [-0.3, -0.25) is 0 Å². The van der Waals surface area contributed by atoms with Gasteiger partial charge in [-0.05, 0) is 74.6 Å². The maximum Gasteiger partial charge on any atom is 0.119 e. The standard InChI is InChI=1S/C17H26N2O/c1-2-19-9-6-14(7-10-19)13-20-17-4-3-15-5-8-18-12-16(15)11-17/h3-4,11,14,18H,2,5-10,12-13H2,1H3. The van der Waals surface area contributed by atoms with Gasteiger partial charge >= 0.3 is 0 Å². The van der Waals surface area contributed by atoms with Crippen molar-refractivity contribution < 1.29 is 4.74 Å². The molecule has 2 heterocycles. The van der Waals surface area contributed by atoms with Gasteiger partial charge in [-0.2, -0.15) is 0 Å². The summed E-state index contributed by atoms with van der Waals surface area (Å²) in [7, 11) is 0. The van der Waals surface area contributed by atoms with E-state index in [9.17, 15) is 0 Å². The van der Waals surface area contributed by atoms with Crippen LogP contribution >= 0.6 is 0 Å². The number of benzene rings is 1. The van der Waals surface area contributed by atoms with Crippen LogP contribution in [0.3, 0.4) is 0 Å². The van der Waals surface area contributed by atoms with E-state index in [0.29, 0.717) is 0 Å². The number of nitrogens with zero attached hydrogens (tertiary/aromatic N) is 1. The molecule has 0 unspecified atom stereocenters. The predicted octanol–water partition coefficient (Wildman–Crippen LogP) is 2.44. The molecule has 2 aliphatic rings. The molecule has 1 N–H and O–H groups in total. The fraction of sp³-hybridized carbons (Fsp3) is 0.647. The highest BCUT2D eigenvalue weighted by Gasteiger charge is 2.18. The van der Waals surface area contributed by atoms with E-state index in [4.69, 9.17) is 4.74 Å². The number of hydrogen-bond donors (Lipinski definition) is 1. The Hall–Kier alpha value is -1.06. The van der Waals surface area contributed by atoms with Crippen LogP contribution in [-0.4, -0.2) is 37.7 Å². The second-order valence-electron chi connectivity index (χ2n) is 6.05. The van der Waals surface area contributed by atoms with Crippen LogP contribution in [0.15, 0.2) is 18.2 Å². The van der Waals surface area contributed by atoms with Gasteiger partial charge in [0.25, 0.3) is 0 Å². The van der Waals surface area contributed by atoms with Crippen molar-refractivity contribution in [2.45, 2.75) is 32.7 Å². The lowest BCUT2D eigenvalue weighted by Gasteiger charge is -2.30. The smallest absolute Gasteiger partial charge is 0.119 e. The van der Waals surface area contributed by atoms with Crippen LogP contribution in [0, 0.1) is 5.92 Å². The van der Waals surface area contributed by atoms with Crippen molar-refractivity contribution in [3.8, 4) is 5.75 Å². The third-order valence-corrected chi connectivity index (χ3v) is 4.70. The normalized spacial score (nSPS) is 20.6. The summed E-state index contributed by atoms with van der Waals surface area (Å²) < 4.78 is 6.03. The first kappa shape index (κ1) is 13.9. The molecule has 1 aromatic rings. The topological polar surface area (TPSA) is 24.5 Å². The molecule has 2 aliphatic heterocycles. The number of hydrogen-bond acceptors (Lipinski definition) is 3. The Morgan fingerprint density at radius 1 is 1.25 bits per heavy atom. The van der Waals surface area contributed by atoms with Gasteiger partial charge < -0.3 is 15.0 Å². The zero-order valence-electron chi connectivity index (χ0n) is 12.5. The number of fused-ring (bicyclic) bond motifs is 1. The maximum absolute atomic E-state index is 6.03. The van der Waals surface area contributed by atoms with E-state index in [0.717, 1.165) is 37.8 Å². The van der Waals surface area contributed by atoms with Crippen LogP contribution in [0.1, 0.15) is 30.9 Å². The molecule has 1 aromatic carbocycles. The monoisotopic (exact) mass is 274 g/mol. The van der Waals surface area contributed by atoms with Crippen LogP contribution in [-0.2, 0) is 13.0 Å². The Kier molecular flexibility index (Phi) is 4.58. The molecule has 0 amide bonds. The highest BCUT2D eigenvalue weighted by molar-refractivity contribution is 5.37. The van der Waals surface area contributed by atoms with Gasteiger partial charge in [-0.1, -0.05) is 13.0 Å². The molecule has 3 nitrogen and oxygen atoms in total. The number of likely N-dealkylation sites (tertiary alicyclic amines) is 1. The molecular formula is C17H26N2O. The summed E-state index contributed by atoms with van der Waals surface area (Å²) in [5.74, 6) is 1.78. The molecule has 0 aliphatic carbocycles. The lowest BCUT2D eigenvalue weighted by Crippen LogP contribution is -2.35. The third-order valence-electron chi connectivity index (χ3n) is 4.70. The van der Waals surface area contributed by atoms with Gasteiger partial charge in [0.2, 0.25) is 0 Å². The number of piperidine rings is 1. The van der Waals surface area contributed by atoms with E-state index in [2.05, 4.69) is 35.3 Å². The minimum Gasteiger partial charge on any atom is -0.493 e. The number of nitrogens with one attached hydrogen (secondary N) is 1. The molecular weight excluding hydrogens is 248 g/mol. The Morgan fingerprint density at radius 3 is 2.90 bits per heavy atom. The molecule has 0 atom stereocenters. The zero-order chi connectivity index (χ0) is 13.8. The SMILES string of the molecule is CCN1CCC(COc2ccc3c(c2)CNCC3)CC1. The number of rotatable bonds is 4. The lowest BCUT2D eigenvalue weighted by atomic mass is 9.98. The Morgan fingerprint density at radius 2 is 2.10 bits per heavy atom. The van der Waals surface area contributed by atoms with Crippen molar-refractivity contribution >= 4 is 0 Å². The first-order chi connectivity index (χ1) is 9.85. The largest absolute Gasteiger partial charge is 0.493 e. The minimum absolute atomic E-state index is 0.729. The third kappa shape index (κ3) is 3.33. The van der Waals surface area contributed by atoms with Crippen LogP contribution in [0.25, 0.3) is 0 Å². The van der Waals surface area contributed by atoms with Crippen molar-refractivity contribution in [3.63, 3.8) is 0 Å². The van der Waals surface area contributed by atoms with Gasteiger partial charge in [0, 0.05) is 6.54 Å². The molecule has 3 heteroatoms. The van der Waals surface area contributed by atoms with E-state index in [1.54, 1.807) is 0 Å². The summed E-state index contributed by atoms with van der Waals surface area (Å²) in [6.07, 6.45) is 3.70. The van der Waals surface area contributed by atoms with Gasteiger partial charge in [-0.15, -0.1) is 0 Å². The van der Waals surface area contributed by atoms with E-state index in [1.165, 1.54) is 43.6 Å². The van der Waals surface area contributed by atoms with Crippen LogP contribution < -0.4 is 10.1 Å². The van der Waals surface area contributed by atoms with Crippen LogP contribution in [0.2, 0.25) is 0 Å². The quantitative estimate of drug-likeness (QED) is 0.912. The molecule has 0 aromatic heterocycles. The molecule has 0 radical (unpaired) electrons. The van der Waals surface area contributed by atoms with Crippen molar-refractivity contribution in [3.05, 3.63) is 29.3 Å². The summed E-state index contributed by atoms with van der Waals surface area (Å²) in [6.45, 7) is 8.87. The summed E-state index contributed by atoms with van der Waals surface area (Å²) >= 11 is 0. The average Bonchev–Trinajstić information content (AvgIpc) is 2.53. The first-order valence-corrected chi connectivity index (χ1v) is 8.03. The van der Waals surface area contributed by atoms with Crippen molar-refractivity contribution in [1.29, 1.82) is 0 Å². The highest BCUT2D eigenvalue weighted by atomic mass is 16.5. The number of ether oxygens (including phenoxy) is 1. The lowest BCUT2D eigenvalue weighted by molar-refractivity contribution is 0.146. The van der Waals surface area contributed by atoms with E-state index >= 15 is 0 Å². The Balaban J connectivity index is 1.51. The molecule has 0 saturated carbocycles. The molecule has 20 heavy (non-hydrogen) atoms. The minimum atomic E-state index is 0.729. The fourth-order valence-electron chi connectivity index (χ4n) is 3.23. The first-order valence-electron chi connectivity index (χ1n) is 8.03. The van der Waals surface area contributed by atoms with E-state index in [1.807, 2.05) is 0 Å². The Labute approximate surface area is 122 Å². The summed E-state index contributed by atoms with van der Waals surface area (Å²) in [5, 5.41) is 3.42. The van der Waals surface area contributed by atoms with Crippen molar-refractivity contribution in [1.82, 2.24) is 10.2 Å². The molecule has 1 fully saturated rings. The molecule has 0 spiro atoms. The van der Waals surface area contributed by atoms with Gasteiger partial charge in [-0.25, -0.2) is 0 Å². The average molecular weight is 274 g/mol.